The summed E-state index contributed by atoms with van der Waals surface area (Å²) in [4.78, 5) is 32.4. The topological polar surface area (TPSA) is 117 Å². The Morgan fingerprint density at radius 3 is 2.48 bits per heavy atom. The van der Waals surface area contributed by atoms with Crippen LogP contribution >= 0.6 is 0 Å². The number of anilines is 5. The summed E-state index contributed by atoms with van der Waals surface area (Å²) in [6, 6.07) is 12.0. The van der Waals surface area contributed by atoms with E-state index in [0.717, 1.165) is 0 Å². The maximum absolute atomic E-state index is 13.2. The first-order valence-corrected chi connectivity index (χ1v) is 9.36. The first kappa shape index (κ1) is 20.1. The first-order chi connectivity index (χ1) is 14.8. The van der Waals surface area contributed by atoms with Crippen LogP contribution in [0.1, 0.15) is 13.8 Å². The summed E-state index contributed by atoms with van der Waals surface area (Å²) in [6.45, 7) is 3.30. The molecule has 3 aromatic rings. The number of ether oxygens (including phenoxy) is 1. The van der Waals surface area contributed by atoms with Crippen LogP contribution in [0.4, 0.5) is 37.9 Å². The predicted octanol–water partition coefficient (Wildman–Crippen LogP) is 4.11. The fraction of sp³-hybridized carbons (Fsp3) is 0.143. The lowest BCUT2D eigenvalue weighted by Gasteiger charge is -2.31. The number of amides is 3. The van der Waals surface area contributed by atoms with Crippen molar-refractivity contribution in [3.63, 3.8) is 0 Å². The molecule has 0 saturated heterocycles. The Kier molecular flexibility index (Phi) is 5.12. The fourth-order valence-electron chi connectivity index (χ4n) is 2.84. The SMILES string of the molecule is CC1(C)Oc2c(ncnc2Nc2ccc(NC(=O)Nc3cccc(F)c3)cc2)NC1=O. The minimum Gasteiger partial charge on any atom is -0.470 e. The fourth-order valence-corrected chi connectivity index (χ4v) is 2.84. The quantitative estimate of drug-likeness (QED) is 0.503. The number of hydrogen-bond acceptors (Lipinski definition) is 6. The van der Waals surface area contributed by atoms with Crippen molar-refractivity contribution in [3.8, 4) is 5.75 Å². The second kappa shape index (κ2) is 7.90. The third kappa shape index (κ3) is 4.53. The van der Waals surface area contributed by atoms with Crippen LogP contribution in [0.5, 0.6) is 5.75 Å². The summed E-state index contributed by atoms with van der Waals surface area (Å²) >= 11 is 0. The number of urea groups is 1. The Bertz CT molecular complexity index is 1150. The zero-order valence-corrected chi connectivity index (χ0v) is 16.7. The van der Waals surface area contributed by atoms with Gasteiger partial charge in [0.05, 0.1) is 0 Å². The van der Waals surface area contributed by atoms with Crippen molar-refractivity contribution in [2.45, 2.75) is 19.4 Å². The number of rotatable bonds is 4. The molecule has 0 saturated carbocycles. The van der Waals surface area contributed by atoms with Crippen LogP contribution in [0.15, 0.2) is 54.9 Å². The summed E-state index contributed by atoms with van der Waals surface area (Å²) in [5, 5.41) is 11.0. The molecule has 0 fully saturated rings. The summed E-state index contributed by atoms with van der Waals surface area (Å²) in [5.41, 5.74) is 0.500. The summed E-state index contributed by atoms with van der Waals surface area (Å²) in [7, 11) is 0. The van der Waals surface area contributed by atoms with Gasteiger partial charge in [-0.15, -0.1) is 0 Å². The average Bonchev–Trinajstić information content (AvgIpc) is 2.71. The molecule has 4 N–H and O–H groups in total. The number of aromatic nitrogens is 2. The lowest BCUT2D eigenvalue weighted by Crippen LogP contribution is -2.46. The number of fused-ring (bicyclic) bond motifs is 1. The molecule has 9 nitrogen and oxygen atoms in total. The molecule has 2 aromatic carbocycles. The predicted molar refractivity (Wildman–Crippen MR) is 114 cm³/mol. The highest BCUT2D eigenvalue weighted by Crippen LogP contribution is 2.38. The van der Waals surface area contributed by atoms with E-state index >= 15 is 0 Å². The van der Waals surface area contributed by atoms with E-state index in [9.17, 15) is 14.0 Å². The maximum Gasteiger partial charge on any atom is 0.323 e. The van der Waals surface area contributed by atoms with Gasteiger partial charge in [0.25, 0.3) is 5.91 Å². The van der Waals surface area contributed by atoms with E-state index in [1.165, 1.54) is 24.5 Å². The van der Waals surface area contributed by atoms with Crippen LogP contribution < -0.4 is 26.0 Å². The average molecular weight is 422 g/mol. The molecule has 0 spiro atoms. The van der Waals surface area contributed by atoms with E-state index in [-0.39, 0.29) is 11.7 Å². The molecule has 2 heterocycles. The molecule has 1 aliphatic rings. The maximum atomic E-state index is 13.2. The third-order valence-corrected chi connectivity index (χ3v) is 4.43. The first-order valence-electron chi connectivity index (χ1n) is 9.36. The van der Waals surface area contributed by atoms with E-state index in [1.54, 1.807) is 44.2 Å². The van der Waals surface area contributed by atoms with Crippen molar-refractivity contribution in [2.75, 3.05) is 21.3 Å². The Balaban J connectivity index is 1.43. The number of carbonyl (C=O) groups is 2. The molecule has 31 heavy (non-hydrogen) atoms. The molecule has 3 amide bonds. The molecular formula is C21H19FN6O3. The normalized spacial score (nSPS) is 14.0. The van der Waals surface area contributed by atoms with E-state index in [1.807, 2.05) is 0 Å². The molecule has 10 heteroatoms. The van der Waals surface area contributed by atoms with Crippen molar-refractivity contribution >= 4 is 40.6 Å². The Hall–Kier alpha value is -4.21. The Labute approximate surface area is 177 Å². The van der Waals surface area contributed by atoms with Crippen molar-refractivity contribution in [1.29, 1.82) is 0 Å². The number of hydrogen-bond donors (Lipinski definition) is 4. The molecule has 0 bridgehead atoms. The molecule has 1 aliphatic heterocycles. The lowest BCUT2D eigenvalue weighted by atomic mass is 10.1. The van der Waals surface area contributed by atoms with Gasteiger partial charge in [-0.3, -0.25) is 4.79 Å². The Morgan fingerprint density at radius 2 is 1.74 bits per heavy atom. The van der Waals surface area contributed by atoms with Crippen LogP contribution in [-0.2, 0) is 4.79 Å². The second-order valence-electron chi connectivity index (χ2n) is 7.26. The standard InChI is InChI=1S/C21H19FN6O3/c1-21(2)19(29)28-18-16(31-21)17(23-11-24-18)25-13-6-8-14(9-7-13)26-20(30)27-15-5-3-4-12(22)10-15/h3-11H,1-2H3,(H2,26,27,30)(H2,23,24,25,28,29). The molecule has 0 aliphatic carbocycles. The second-order valence-corrected chi connectivity index (χ2v) is 7.26. The number of benzene rings is 2. The van der Waals surface area contributed by atoms with Crippen LogP contribution in [0.25, 0.3) is 0 Å². The van der Waals surface area contributed by atoms with Gasteiger partial charge in [0.15, 0.2) is 17.2 Å². The van der Waals surface area contributed by atoms with Gasteiger partial charge < -0.3 is 26.0 Å². The zero-order valence-electron chi connectivity index (χ0n) is 16.7. The van der Waals surface area contributed by atoms with Crippen LogP contribution in [-0.4, -0.2) is 27.5 Å². The van der Waals surface area contributed by atoms with Crippen molar-refractivity contribution in [3.05, 3.63) is 60.7 Å². The van der Waals surface area contributed by atoms with Crippen molar-refractivity contribution < 1.29 is 18.7 Å². The number of nitrogens with one attached hydrogen (secondary N) is 4. The van der Waals surface area contributed by atoms with Crippen molar-refractivity contribution in [1.82, 2.24) is 9.97 Å². The van der Waals surface area contributed by atoms with Gasteiger partial charge in [0, 0.05) is 17.1 Å². The number of carbonyl (C=O) groups excluding carboxylic acids is 2. The molecule has 4 rings (SSSR count). The highest BCUT2D eigenvalue weighted by molar-refractivity contribution is 6.01. The van der Waals surface area contributed by atoms with Gasteiger partial charge in [0.2, 0.25) is 5.75 Å². The van der Waals surface area contributed by atoms with Gasteiger partial charge >= 0.3 is 6.03 Å². The number of halogens is 1. The third-order valence-electron chi connectivity index (χ3n) is 4.43. The van der Waals surface area contributed by atoms with E-state index in [2.05, 4.69) is 31.2 Å². The van der Waals surface area contributed by atoms with Gasteiger partial charge in [-0.05, 0) is 56.3 Å². The molecule has 1 aromatic heterocycles. The molecule has 0 unspecified atom stereocenters. The van der Waals surface area contributed by atoms with Gasteiger partial charge in [-0.1, -0.05) is 6.07 Å². The summed E-state index contributed by atoms with van der Waals surface area (Å²) in [5.74, 6) is 0.282. The largest absolute Gasteiger partial charge is 0.470 e. The molecule has 158 valence electrons. The monoisotopic (exact) mass is 422 g/mol. The van der Waals surface area contributed by atoms with Gasteiger partial charge in [0.1, 0.15) is 12.1 Å². The highest BCUT2D eigenvalue weighted by Gasteiger charge is 2.37. The minimum absolute atomic E-state index is 0.286. The molecule has 0 radical (unpaired) electrons. The van der Waals surface area contributed by atoms with E-state index in [0.29, 0.717) is 28.6 Å². The van der Waals surface area contributed by atoms with Crippen LogP contribution in [0.2, 0.25) is 0 Å². The van der Waals surface area contributed by atoms with Crippen LogP contribution in [0.3, 0.4) is 0 Å². The zero-order chi connectivity index (χ0) is 22.0. The summed E-state index contributed by atoms with van der Waals surface area (Å²) in [6.07, 6.45) is 1.32. The smallest absolute Gasteiger partial charge is 0.323 e. The van der Waals surface area contributed by atoms with Gasteiger partial charge in [-0.25, -0.2) is 19.2 Å². The van der Waals surface area contributed by atoms with Crippen molar-refractivity contribution in [2.24, 2.45) is 0 Å². The minimum atomic E-state index is -1.06. The van der Waals surface area contributed by atoms with Crippen LogP contribution in [0, 0.1) is 5.82 Å². The highest BCUT2D eigenvalue weighted by atomic mass is 19.1. The van der Waals surface area contributed by atoms with E-state index < -0.39 is 17.4 Å². The molecular weight excluding hydrogens is 403 g/mol. The molecule has 0 atom stereocenters. The summed E-state index contributed by atoms with van der Waals surface area (Å²) < 4.78 is 19.0. The van der Waals surface area contributed by atoms with E-state index in [4.69, 9.17) is 4.74 Å². The van der Waals surface area contributed by atoms with Gasteiger partial charge in [-0.2, -0.15) is 0 Å². The Morgan fingerprint density at radius 1 is 1.03 bits per heavy atom. The lowest BCUT2D eigenvalue weighted by molar-refractivity contribution is -0.129. The number of nitrogens with zero attached hydrogens (tertiary/aromatic N) is 2.